The van der Waals surface area contributed by atoms with Gasteiger partial charge < -0.3 is 29.2 Å². The normalized spacial score (nSPS) is 16.7. The number of hydrogen-bond acceptors (Lipinski definition) is 6. The molecule has 14 aromatic rings. The largest absolute Gasteiger partial charge is 0.494 e. The number of rotatable bonds is 18. The molecule has 0 spiro atoms. The average Bonchev–Trinajstić information content (AvgIpc) is 1.70. The molecule has 592 valence electrons. The average molecular weight is 1580 g/mol. The molecule has 7 aliphatic rings. The molecule has 0 N–H and O–H groups in total. The highest BCUT2D eigenvalue weighted by Gasteiger charge is 2.52. The van der Waals surface area contributed by atoms with Crippen molar-refractivity contribution in [3.8, 4) is 39.1 Å². The fourth-order valence-corrected chi connectivity index (χ4v) is 21.5. The quantitative estimate of drug-likeness (QED) is 0.0794. The maximum Gasteiger partial charge on any atom is 0.252 e. The van der Waals surface area contributed by atoms with Gasteiger partial charge in [-0.1, -0.05) is 325 Å². The standard InChI is InChI=1S/C114H99B2N5O/c1-8-122-109-74-87(118(85-53-26-14-27-54-85)100-67-38-32-57-88(100)79-43-16-9-17-44-79)73-108-111(109)115(97-65-36-41-70-103(97)120(108)101-68-39-33-58-89(101)80-45-18-10-19-46-80)77(2)78(3)117(84-51-24-13-25-52-84)104-76-105-99(75-96(104)114(7)94-63-34-30-59-92(94)93-60-31-35-64-95(93)114)116-98-66-37-40-69-102(98)119(86-55-28-15-29-56-86)106-71-83(113(4,5)6)72-107(110(106)116)121(105)112-90(81-47-20-11-21-48-81)61-42-62-91(112)82-49-22-12-23-50-82/h9-11,13-22,24-47,49-61,63-78,81,91H,8,12,23,48,62H2,1-7H3/t77-,78?,81?,91?/m1/s1. The van der Waals surface area contributed by atoms with Gasteiger partial charge in [0.2, 0.25) is 6.71 Å². The second kappa shape index (κ2) is 31.2. The molecule has 0 radical (unpaired) electrons. The Kier molecular flexibility index (Phi) is 19.4. The summed E-state index contributed by atoms with van der Waals surface area (Å²) in [6.45, 7) is 17.1. The summed E-state index contributed by atoms with van der Waals surface area (Å²) in [5.74, 6) is 0.870. The van der Waals surface area contributed by atoms with Crippen LogP contribution in [0.25, 0.3) is 33.4 Å². The Morgan fingerprint density at radius 1 is 0.443 bits per heavy atom. The Labute approximate surface area is 721 Å². The van der Waals surface area contributed by atoms with E-state index in [0.717, 1.165) is 105 Å². The molecular weight excluding hydrogens is 1480 g/mol. The van der Waals surface area contributed by atoms with Crippen LogP contribution in [0.15, 0.2) is 405 Å². The smallest absolute Gasteiger partial charge is 0.252 e. The summed E-state index contributed by atoms with van der Waals surface area (Å²) in [4.78, 5) is 13.3. The minimum absolute atomic E-state index is 0.0350. The first kappa shape index (κ1) is 75.9. The number of hydrogen-bond donors (Lipinski definition) is 0. The predicted octanol–water partition coefficient (Wildman–Crippen LogP) is 26.5. The third-order valence-electron chi connectivity index (χ3n) is 27.3. The van der Waals surface area contributed by atoms with Crippen LogP contribution < -0.4 is 56.6 Å². The van der Waals surface area contributed by atoms with Gasteiger partial charge in [-0.2, -0.15) is 0 Å². The van der Waals surface area contributed by atoms with Crippen molar-refractivity contribution in [2.75, 3.05) is 31.1 Å². The van der Waals surface area contributed by atoms with Crippen LogP contribution in [0, 0.1) is 11.8 Å². The van der Waals surface area contributed by atoms with Gasteiger partial charge in [0.1, 0.15) is 5.75 Å². The van der Waals surface area contributed by atoms with Gasteiger partial charge in [0.25, 0.3) is 6.71 Å². The molecule has 4 atom stereocenters. The van der Waals surface area contributed by atoms with E-state index in [-0.39, 0.29) is 42.5 Å². The highest BCUT2D eigenvalue weighted by atomic mass is 16.5. The van der Waals surface area contributed by atoms with E-state index >= 15 is 0 Å². The van der Waals surface area contributed by atoms with E-state index in [1.807, 2.05) is 0 Å². The van der Waals surface area contributed by atoms with Gasteiger partial charge in [0.05, 0.1) is 23.7 Å². The first-order valence-corrected chi connectivity index (χ1v) is 44.0. The topological polar surface area (TPSA) is 25.4 Å². The van der Waals surface area contributed by atoms with E-state index in [9.17, 15) is 0 Å². The molecule has 3 aliphatic heterocycles. The summed E-state index contributed by atoms with van der Waals surface area (Å²) < 4.78 is 7.54. The molecule has 0 saturated carbocycles. The molecule has 0 amide bonds. The highest BCUT2D eigenvalue weighted by Crippen LogP contribution is 2.59. The first-order chi connectivity index (χ1) is 59.9. The Bertz CT molecular complexity index is 6530. The monoisotopic (exact) mass is 1580 g/mol. The number of benzene rings is 14. The van der Waals surface area contributed by atoms with Gasteiger partial charge in [-0.25, -0.2) is 0 Å². The molecule has 14 aromatic carbocycles. The fraction of sp³-hybridized carbons (Fsp3) is 0.158. The molecular formula is C114H99B2N5O. The molecule has 0 fully saturated rings. The lowest BCUT2D eigenvalue weighted by atomic mass is 9.31. The van der Waals surface area contributed by atoms with Gasteiger partial charge >= 0.3 is 0 Å². The van der Waals surface area contributed by atoms with E-state index in [1.54, 1.807) is 0 Å². The van der Waals surface area contributed by atoms with Gasteiger partial charge in [0.15, 0.2) is 0 Å². The summed E-state index contributed by atoms with van der Waals surface area (Å²) in [5, 5.41) is 0. The van der Waals surface area contributed by atoms with Crippen LogP contribution in [0.2, 0.25) is 5.82 Å². The Balaban J connectivity index is 0.863. The van der Waals surface area contributed by atoms with Gasteiger partial charge in [-0.15, -0.1) is 0 Å². The molecule has 0 aromatic heterocycles. The van der Waals surface area contributed by atoms with Crippen molar-refractivity contribution in [3.63, 3.8) is 0 Å². The summed E-state index contributed by atoms with van der Waals surface area (Å²) in [6, 6.07) is 126. The van der Waals surface area contributed by atoms with Crippen molar-refractivity contribution in [3.05, 3.63) is 427 Å². The van der Waals surface area contributed by atoms with E-state index in [1.165, 1.54) is 101 Å². The highest BCUT2D eigenvalue weighted by molar-refractivity contribution is 7.00. The molecule has 4 aliphatic carbocycles. The summed E-state index contributed by atoms with van der Waals surface area (Å²) >= 11 is 0. The number of allylic oxidation sites excluding steroid dienone is 11. The van der Waals surface area contributed by atoms with Crippen molar-refractivity contribution in [1.29, 1.82) is 0 Å². The van der Waals surface area contributed by atoms with Crippen molar-refractivity contribution in [1.82, 2.24) is 0 Å². The maximum atomic E-state index is 7.54. The summed E-state index contributed by atoms with van der Waals surface area (Å²) in [6.07, 6.45) is 25.7. The number of ether oxygens (including phenoxy) is 1. The molecule has 3 heterocycles. The molecule has 8 heteroatoms. The zero-order valence-corrected chi connectivity index (χ0v) is 70.6. The van der Waals surface area contributed by atoms with E-state index in [4.69, 9.17) is 4.74 Å². The Morgan fingerprint density at radius 3 is 1.66 bits per heavy atom. The van der Waals surface area contributed by atoms with Crippen LogP contribution in [-0.4, -0.2) is 26.1 Å². The molecule has 21 rings (SSSR count). The number of nitrogens with zero attached hydrogens (tertiary/aromatic N) is 5. The van der Waals surface area contributed by atoms with Crippen molar-refractivity contribution in [2.24, 2.45) is 11.8 Å². The van der Waals surface area contributed by atoms with Crippen LogP contribution in [0.4, 0.5) is 73.9 Å². The van der Waals surface area contributed by atoms with Crippen LogP contribution in [0.1, 0.15) is 96.4 Å². The predicted molar refractivity (Wildman–Crippen MR) is 518 cm³/mol. The minimum atomic E-state index is -0.696. The lowest BCUT2D eigenvalue weighted by Gasteiger charge is -2.49. The molecule has 3 unspecified atom stereocenters. The fourth-order valence-electron chi connectivity index (χ4n) is 21.5. The molecule has 122 heavy (non-hydrogen) atoms. The third-order valence-corrected chi connectivity index (χ3v) is 27.3. The number of anilines is 13. The summed E-state index contributed by atoms with van der Waals surface area (Å²) in [7, 11) is 0. The lowest BCUT2D eigenvalue weighted by Crippen LogP contribution is -2.62. The lowest BCUT2D eigenvalue weighted by molar-refractivity contribution is 0.343. The Hall–Kier alpha value is -13.6. The van der Waals surface area contributed by atoms with Gasteiger partial charge in [-0.3, -0.25) is 0 Å². The second-order valence-corrected chi connectivity index (χ2v) is 35.1. The van der Waals surface area contributed by atoms with E-state index in [2.05, 4.69) is 461 Å². The van der Waals surface area contributed by atoms with Crippen LogP contribution in [0.5, 0.6) is 5.75 Å². The van der Waals surface area contributed by atoms with Crippen molar-refractivity contribution in [2.45, 2.75) is 96.8 Å². The Morgan fingerprint density at radius 2 is 1.01 bits per heavy atom. The molecule has 0 bridgehead atoms. The van der Waals surface area contributed by atoms with E-state index in [0.29, 0.717) is 6.61 Å². The van der Waals surface area contributed by atoms with E-state index < -0.39 is 5.41 Å². The van der Waals surface area contributed by atoms with Gasteiger partial charge in [-0.05, 0) is 226 Å². The number of para-hydroxylation sites is 7. The third kappa shape index (κ3) is 12.7. The second-order valence-electron chi connectivity index (χ2n) is 35.1. The van der Waals surface area contributed by atoms with Gasteiger partial charge in [0, 0.05) is 103 Å². The molecule has 0 saturated heterocycles. The summed E-state index contributed by atoms with van der Waals surface area (Å²) in [5.41, 5.74) is 36.3. The van der Waals surface area contributed by atoms with Crippen LogP contribution in [0.3, 0.4) is 0 Å². The van der Waals surface area contributed by atoms with Crippen molar-refractivity contribution >= 4 is 115 Å². The SMILES string of the molecule is CCOc1cc(N(c2ccccc2)c2ccccc2-c2ccccc2)cc2c1B([C@H](C)C(C)N(c1ccccc1)c1cc3c(cc1C1(C)c4ccccc4-c4ccccc41)B1c4ccccc4N(c4ccccc4)c4cc(C(C)(C)C)cc(c41)N3C1=C(C3C=CC=CC3)C=CCC1C1=CCCC=C1)c1ccccc1N2c1ccccc1-c1ccccc1. The first-order valence-electron chi connectivity index (χ1n) is 44.0. The zero-order chi connectivity index (χ0) is 82.3. The molecule has 6 nitrogen and oxygen atoms in total. The zero-order valence-electron chi connectivity index (χ0n) is 70.6. The minimum Gasteiger partial charge on any atom is -0.494 e. The van der Waals surface area contributed by atoms with Crippen LogP contribution in [-0.2, 0) is 10.8 Å². The van der Waals surface area contributed by atoms with Crippen LogP contribution >= 0.6 is 0 Å². The number of fused-ring (bicyclic) bond motifs is 9. The maximum absolute atomic E-state index is 7.54. The van der Waals surface area contributed by atoms with Crippen molar-refractivity contribution < 1.29 is 4.74 Å².